The molecule has 0 aliphatic rings. The van der Waals surface area contributed by atoms with Crippen molar-refractivity contribution in [2.24, 2.45) is 0 Å². The largest absolute Gasteiger partial charge is 0.496 e. The fourth-order valence-electron chi connectivity index (χ4n) is 2.06. The lowest BCUT2D eigenvalue weighted by molar-refractivity contribution is -0.116. The van der Waals surface area contributed by atoms with Gasteiger partial charge in [-0.1, -0.05) is 36.4 Å². The first-order chi connectivity index (χ1) is 10.7. The summed E-state index contributed by atoms with van der Waals surface area (Å²) in [6.45, 7) is 0.487. The van der Waals surface area contributed by atoms with Crippen LogP contribution in [-0.4, -0.2) is 19.6 Å². The summed E-state index contributed by atoms with van der Waals surface area (Å²) in [5, 5.41) is 2.77. The number of carbonyl (C=O) groups is 1. The van der Waals surface area contributed by atoms with E-state index in [0.717, 1.165) is 11.3 Å². The highest BCUT2D eigenvalue weighted by molar-refractivity contribution is 5.91. The van der Waals surface area contributed by atoms with E-state index in [0.29, 0.717) is 18.5 Å². The van der Waals surface area contributed by atoms with E-state index >= 15 is 0 Å². The molecular formula is C18H18FNO2. The van der Waals surface area contributed by atoms with Gasteiger partial charge in [0.05, 0.1) is 7.11 Å². The summed E-state index contributed by atoms with van der Waals surface area (Å²) >= 11 is 0. The minimum Gasteiger partial charge on any atom is -0.496 e. The third-order valence-corrected chi connectivity index (χ3v) is 3.21. The van der Waals surface area contributed by atoms with Crippen molar-refractivity contribution in [2.45, 2.75) is 6.42 Å². The molecule has 1 amide bonds. The Morgan fingerprint density at radius 2 is 1.91 bits per heavy atom. The van der Waals surface area contributed by atoms with Crippen molar-refractivity contribution in [1.82, 2.24) is 5.32 Å². The van der Waals surface area contributed by atoms with Crippen LogP contribution in [0.25, 0.3) is 6.08 Å². The molecule has 0 atom stereocenters. The molecule has 0 spiro atoms. The monoisotopic (exact) mass is 299 g/mol. The Labute approximate surface area is 129 Å². The standard InChI is InChI=1S/C18H18FNO2/c1-22-17-9-5-3-7-15(17)12-13-20-18(21)11-10-14-6-2-4-8-16(14)19/h2-11H,12-13H2,1H3,(H,20,21)/b11-10+. The van der Waals surface area contributed by atoms with E-state index in [-0.39, 0.29) is 11.7 Å². The Morgan fingerprint density at radius 3 is 2.68 bits per heavy atom. The second-order valence-electron chi connectivity index (χ2n) is 4.71. The van der Waals surface area contributed by atoms with Crippen LogP contribution >= 0.6 is 0 Å². The first-order valence-electron chi connectivity index (χ1n) is 7.03. The zero-order valence-electron chi connectivity index (χ0n) is 12.4. The number of amides is 1. The summed E-state index contributed by atoms with van der Waals surface area (Å²) < 4.78 is 18.7. The van der Waals surface area contributed by atoms with E-state index in [1.165, 1.54) is 18.2 Å². The average Bonchev–Trinajstić information content (AvgIpc) is 2.54. The molecule has 2 rings (SSSR count). The number of hydrogen-bond donors (Lipinski definition) is 1. The summed E-state index contributed by atoms with van der Waals surface area (Å²) in [4.78, 5) is 11.7. The predicted molar refractivity (Wildman–Crippen MR) is 85.1 cm³/mol. The van der Waals surface area contributed by atoms with Crippen molar-refractivity contribution in [2.75, 3.05) is 13.7 Å². The molecule has 1 N–H and O–H groups in total. The molecular weight excluding hydrogens is 281 g/mol. The Morgan fingerprint density at radius 1 is 1.18 bits per heavy atom. The highest BCUT2D eigenvalue weighted by Gasteiger charge is 2.02. The van der Waals surface area contributed by atoms with Gasteiger partial charge < -0.3 is 10.1 Å². The SMILES string of the molecule is COc1ccccc1CCNC(=O)/C=C/c1ccccc1F. The molecule has 4 heteroatoms. The van der Waals surface area contributed by atoms with Crippen LogP contribution in [0, 0.1) is 5.82 Å². The molecule has 0 fully saturated rings. The molecule has 0 saturated carbocycles. The maximum Gasteiger partial charge on any atom is 0.244 e. The van der Waals surface area contributed by atoms with Gasteiger partial charge in [-0.3, -0.25) is 4.79 Å². The zero-order valence-corrected chi connectivity index (χ0v) is 12.4. The summed E-state index contributed by atoms with van der Waals surface area (Å²) in [6, 6.07) is 14.0. The van der Waals surface area contributed by atoms with Crippen LogP contribution in [0.3, 0.4) is 0 Å². The zero-order chi connectivity index (χ0) is 15.8. The second kappa shape index (κ2) is 7.98. The van der Waals surface area contributed by atoms with Gasteiger partial charge in [0.15, 0.2) is 0 Å². The van der Waals surface area contributed by atoms with Gasteiger partial charge in [0.1, 0.15) is 11.6 Å². The molecule has 3 nitrogen and oxygen atoms in total. The Kier molecular flexibility index (Phi) is 5.72. The van der Waals surface area contributed by atoms with Crippen molar-refractivity contribution in [3.8, 4) is 5.75 Å². The lowest BCUT2D eigenvalue weighted by atomic mass is 10.1. The molecule has 0 saturated heterocycles. The fourth-order valence-corrected chi connectivity index (χ4v) is 2.06. The van der Waals surface area contributed by atoms with Gasteiger partial charge in [0.25, 0.3) is 0 Å². The van der Waals surface area contributed by atoms with Crippen molar-refractivity contribution in [3.63, 3.8) is 0 Å². The van der Waals surface area contributed by atoms with Crippen LogP contribution in [0.4, 0.5) is 4.39 Å². The van der Waals surface area contributed by atoms with Crippen LogP contribution in [0.1, 0.15) is 11.1 Å². The van der Waals surface area contributed by atoms with Crippen molar-refractivity contribution < 1.29 is 13.9 Å². The summed E-state index contributed by atoms with van der Waals surface area (Å²) in [5.74, 6) is 0.206. The molecule has 0 bridgehead atoms. The number of carbonyl (C=O) groups excluding carboxylic acids is 1. The molecule has 0 aliphatic carbocycles. The molecule has 0 radical (unpaired) electrons. The number of nitrogens with one attached hydrogen (secondary N) is 1. The third kappa shape index (κ3) is 4.45. The molecule has 2 aromatic carbocycles. The summed E-state index contributed by atoms with van der Waals surface area (Å²) in [6.07, 6.45) is 3.47. The smallest absolute Gasteiger partial charge is 0.244 e. The number of hydrogen-bond acceptors (Lipinski definition) is 2. The van der Waals surface area contributed by atoms with E-state index in [2.05, 4.69) is 5.32 Å². The lowest BCUT2D eigenvalue weighted by Gasteiger charge is -2.08. The Bertz CT molecular complexity index is 668. The van der Waals surface area contributed by atoms with Crippen LogP contribution in [0.2, 0.25) is 0 Å². The molecule has 114 valence electrons. The molecule has 22 heavy (non-hydrogen) atoms. The van der Waals surface area contributed by atoms with E-state index < -0.39 is 0 Å². The van der Waals surface area contributed by atoms with Crippen molar-refractivity contribution in [3.05, 3.63) is 71.6 Å². The molecule has 0 aromatic heterocycles. The van der Waals surface area contributed by atoms with Crippen LogP contribution in [-0.2, 0) is 11.2 Å². The minimum absolute atomic E-state index is 0.252. The lowest BCUT2D eigenvalue weighted by Crippen LogP contribution is -2.23. The van der Waals surface area contributed by atoms with Crippen LogP contribution in [0.5, 0.6) is 5.75 Å². The van der Waals surface area contributed by atoms with E-state index in [4.69, 9.17) is 4.74 Å². The van der Waals surface area contributed by atoms with Crippen LogP contribution < -0.4 is 10.1 Å². The number of ether oxygens (including phenoxy) is 1. The first-order valence-corrected chi connectivity index (χ1v) is 7.03. The number of rotatable bonds is 6. The predicted octanol–water partition coefficient (Wildman–Crippen LogP) is 3.21. The third-order valence-electron chi connectivity index (χ3n) is 3.21. The Balaban J connectivity index is 1.84. The van der Waals surface area contributed by atoms with Gasteiger partial charge >= 0.3 is 0 Å². The van der Waals surface area contributed by atoms with Gasteiger partial charge in [-0.25, -0.2) is 4.39 Å². The average molecular weight is 299 g/mol. The number of para-hydroxylation sites is 1. The molecule has 0 heterocycles. The maximum absolute atomic E-state index is 13.4. The number of benzene rings is 2. The molecule has 2 aromatic rings. The molecule has 0 aliphatic heterocycles. The van der Waals surface area contributed by atoms with Gasteiger partial charge in [-0.2, -0.15) is 0 Å². The van der Waals surface area contributed by atoms with Gasteiger partial charge in [0.2, 0.25) is 5.91 Å². The van der Waals surface area contributed by atoms with E-state index in [1.807, 2.05) is 24.3 Å². The second-order valence-corrected chi connectivity index (χ2v) is 4.71. The quantitative estimate of drug-likeness (QED) is 0.832. The number of halogens is 1. The first kappa shape index (κ1) is 15.8. The number of methoxy groups -OCH3 is 1. The highest BCUT2D eigenvalue weighted by Crippen LogP contribution is 2.17. The van der Waals surface area contributed by atoms with Gasteiger partial charge in [-0.15, -0.1) is 0 Å². The fraction of sp³-hybridized carbons (Fsp3) is 0.167. The highest BCUT2D eigenvalue weighted by atomic mass is 19.1. The maximum atomic E-state index is 13.4. The van der Waals surface area contributed by atoms with Gasteiger partial charge in [-0.05, 0) is 30.2 Å². The molecule has 0 unspecified atom stereocenters. The van der Waals surface area contributed by atoms with Crippen LogP contribution in [0.15, 0.2) is 54.6 Å². The minimum atomic E-state index is -0.347. The van der Waals surface area contributed by atoms with E-state index in [9.17, 15) is 9.18 Å². The van der Waals surface area contributed by atoms with Crippen molar-refractivity contribution >= 4 is 12.0 Å². The van der Waals surface area contributed by atoms with Crippen molar-refractivity contribution in [1.29, 1.82) is 0 Å². The normalized spacial score (nSPS) is 10.6. The summed E-state index contributed by atoms with van der Waals surface area (Å²) in [7, 11) is 1.62. The van der Waals surface area contributed by atoms with E-state index in [1.54, 1.807) is 25.3 Å². The Hall–Kier alpha value is -2.62. The topological polar surface area (TPSA) is 38.3 Å². The summed E-state index contributed by atoms with van der Waals surface area (Å²) in [5.41, 5.74) is 1.42. The van der Waals surface area contributed by atoms with Gasteiger partial charge in [0, 0.05) is 18.2 Å².